The van der Waals surface area contributed by atoms with Gasteiger partial charge in [0, 0.05) is 54.6 Å². The highest BCUT2D eigenvalue weighted by molar-refractivity contribution is 7.89. The number of para-hydroxylation sites is 1. The number of rotatable bonds is 13. The zero-order valence-corrected chi connectivity index (χ0v) is 33.2. The SMILES string of the molecule is COc1ccc(S(=O)(=O)N(CCO)CCO[C@H]2C[C@@H](c3cn(C(C)=O)c4ccccc34)C=C(C(=O)Nc3ccc(N4C(=O)c5ccc(Cl)cc5C4=O)c(C)c3)O2)cc1. The number of halogens is 1. The first-order valence-corrected chi connectivity index (χ1v) is 20.1. The van der Waals surface area contributed by atoms with Crippen LogP contribution in [-0.4, -0.2) is 85.7 Å². The number of imide groups is 1. The van der Waals surface area contributed by atoms with Crippen LogP contribution in [0.5, 0.6) is 5.75 Å². The summed E-state index contributed by atoms with van der Waals surface area (Å²) < 4.78 is 47.0. The smallest absolute Gasteiger partial charge is 0.290 e. The molecule has 0 saturated heterocycles. The number of allylic oxidation sites excluding steroid dienone is 1. The molecule has 0 saturated carbocycles. The van der Waals surface area contributed by atoms with E-state index >= 15 is 0 Å². The van der Waals surface area contributed by atoms with E-state index < -0.39 is 46.6 Å². The van der Waals surface area contributed by atoms with E-state index in [1.807, 2.05) is 24.3 Å². The first-order valence-electron chi connectivity index (χ1n) is 18.3. The van der Waals surface area contributed by atoms with Crippen molar-refractivity contribution in [2.24, 2.45) is 0 Å². The Bertz CT molecular complexity index is 2590. The van der Waals surface area contributed by atoms with Crippen molar-refractivity contribution in [2.45, 2.75) is 37.4 Å². The Labute approximate surface area is 339 Å². The van der Waals surface area contributed by atoms with Gasteiger partial charge in [0.25, 0.3) is 17.7 Å². The minimum Gasteiger partial charge on any atom is -0.497 e. The highest BCUT2D eigenvalue weighted by Crippen LogP contribution is 2.38. The normalized spacial score (nSPS) is 16.7. The van der Waals surface area contributed by atoms with Gasteiger partial charge in [0.2, 0.25) is 22.2 Å². The molecule has 0 unspecified atom stereocenters. The Balaban J connectivity index is 1.13. The highest BCUT2D eigenvalue weighted by Gasteiger charge is 2.38. The van der Waals surface area contributed by atoms with Gasteiger partial charge in [0.1, 0.15) is 5.75 Å². The Hall–Kier alpha value is -5.84. The molecule has 2 aliphatic rings. The summed E-state index contributed by atoms with van der Waals surface area (Å²) >= 11 is 6.09. The van der Waals surface area contributed by atoms with Gasteiger partial charge < -0.3 is 24.6 Å². The lowest BCUT2D eigenvalue weighted by atomic mass is 9.92. The van der Waals surface area contributed by atoms with Crippen LogP contribution in [0.3, 0.4) is 0 Å². The highest BCUT2D eigenvalue weighted by atomic mass is 35.5. The molecule has 1 aromatic heterocycles. The summed E-state index contributed by atoms with van der Waals surface area (Å²) in [6, 6.07) is 22.5. The molecule has 7 rings (SSSR count). The number of nitrogens with zero attached hydrogens (tertiary/aromatic N) is 3. The number of ether oxygens (including phenoxy) is 3. The number of aromatic nitrogens is 1. The summed E-state index contributed by atoms with van der Waals surface area (Å²) in [4.78, 5) is 54.1. The summed E-state index contributed by atoms with van der Waals surface area (Å²) in [5, 5.41) is 13.7. The van der Waals surface area contributed by atoms with Crippen molar-refractivity contribution in [1.82, 2.24) is 8.87 Å². The van der Waals surface area contributed by atoms with Gasteiger partial charge in [-0.15, -0.1) is 0 Å². The quantitative estimate of drug-likeness (QED) is 0.132. The summed E-state index contributed by atoms with van der Waals surface area (Å²) in [6.45, 7) is 2.25. The lowest BCUT2D eigenvalue weighted by Crippen LogP contribution is -2.37. The molecule has 0 radical (unpaired) electrons. The summed E-state index contributed by atoms with van der Waals surface area (Å²) in [5.41, 5.74) is 3.11. The van der Waals surface area contributed by atoms with Crippen LogP contribution in [-0.2, 0) is 24.3 Å². The number of aliphatic hydroxyl groups is 1. The zero-order valence-electron chi connectivity index (χ0n) is 31.7. The first-order chi connectivity index (χ1) is 27.8. The van der Waals surface area contributed by atoms with Crippen LogP contribution in [0.1, 0.15) is 55.9 Å². The van der Waals surface area contributed by atoms with E-state index in [0.717, 1.165) is 20.2 Å². The van der Waals surface area contributed by atoms with Crippen LogP contribution in [0.4, 0.5) is 11.4 Å². The van der Waals surface area contributed by atoms with Gasteiger partial charge in [0.05, 0.1) is 47.6 Å². The molecule has 0 bridgehead atoms. The average molecular weight is 827 g/mol. The van der Waals surface area contributed by atoms with Gasteiger partial charge in [-0.3, -0.25) is 23.7 Å². The summed E-state index contributed by atoms with van der Waals surface area (Å²) in [7, 11) is -2.55. The molecule has 3 heterocycles. The van der Waals surface area contributed by atoms with E-state index in [1.165, 1.54) is 55.0 Å². The van der Waals surface area contributed by atoms with E-state index in [-0.39, 0.29) is 53.8 Å². The van der Waals surface area contributed by atoms with Crippen molar-refractivity contribution in [3.63, 3.8) is 0 Å². The Morgan fingerprint density at radius 1 is 0.983 bits per heavy atom. The Morgan fingerprint density at radius 2 is 1.72 bits per heavy atom. The molecule has 2 aliphatic heterocycles. The predicted octanol–water partition coefficient (Wildman–Crippen LogP) is 6.12. The van der Waals surface area contributed by atoms with Gasteiger partial charge in [-0.25, -0.2) is 13.3 Å². The monoisotopic (exact) mass is 826 g/mol. The van der Waals surface area contributed by atoms with Crippen LogP contribution in [0, 0.1) is 6.92 Å². The molecule has 58 heavy (non-hydrogen) atoms. The molecule has 4 aromatic carbocycles. The molecule has 14 nitrogen and oxygen atoms in total. The number of carbonyl (C=O) groups is 4. The standard InChI is InChI=1S/C42H39ClN4O10S/c1-25-20-29(9-15-36(25)47-41(51)33-14-8-28(43)23-34(33)42(47)52)44-40(50)38-21-27(35-24-46(26(2)49)37-7-5-4-6-32(35)37)22-39(57-38)56-19-17-45(16-18-48)58(53,54)31-12-10-30(55-3)11-13-31/h4-15,20-21,23-24,27,39,48H,16-19,22H2,1-3H3,(H,44,50)/t27-,39+/m0/s1. The Morgan fingerprint density at radius 3 is 2.43 bits per heavy atom. The van der Waals surface area contributed by atoms with Gasteiger partial charge in [-0.05, 0) is 90.9 Å². The molecule has 16 heteroatoms. The number of fused-ring (bicyclic) bond motifs is 2. The molecule has 0 spiro atoms. The number of anilines is 2. The van der Waals surface area contributed by atoms with Gasteiger partial charge in [-0.2, -0.15) is 4.31 Å². The van der Waals surface area contributed by atoms with E-state index in [9.17, 15) is 32.7 Å². The third kappa shape index (κ3) is 7.86. The maximum atomic E-state index is 13.9. The van der Waals surface area contributed by atoms with E-state index in [1.54, 1.807) is 43.5 Å². The molecule has 3 amide bonds. The second kappa shape index (κ2) is 16.6. The second-order valence-electron chi connectivity index (χ2n) is 13.7. The number of hydrogen-bond donors (Lipinski definition) is 2. The fraction of sp³-hybridized carbons (Fsp3) is 0.238. The number of aryl methyl sites for hydroxylation is 1. The minimum absolute atomic E-state index is 0.0105. The van der Waals surface area contributed by atoms with Crippen LogP contribution in [0.2, 0.25) is 5.02 Å². The lowest BCUT2D eigenvalue weighted by molar-refractivity contribution is -0.143. The third-order valence-corrected chi connectivity index (χ3v) is 12.1. The average Bonchev–Trinajstić information content (AvgIpc) is 3.72. The van der Waals surface area contributed by atoms with Gasteiger partial charge in [-0.1, -0.05) is 29.8 Å². The van der Waals surface area contributed by atoms with Crippen LogP contribution in [0.25, 0.3) is 10.9 Å². The van der Waals surface area contributed by atoms with Crippen molar-refractivity contribution in [3.8, 4) is 5.75 Å². The van der Waals surface area contributed by atoms with Gasteiger partial charge >= 0.3 is 0 Å². The van der Waals surface area contributed by atoms with E-state index in [2.05, 4.69) is 5.32 Å². The zero-order chi connectivity index (χ0) is 41.3. The van der Waals surface area contributed by atoms with Gasteiger partial charge in [0.15, 0.2) is 5.76 Å². The molecule has 5 aromatic rings. The molecule has 0 fully saturated rings. The van der Waals surface area contributed by atoms with E-state index in [0.29, 0.717) is 33.2 Å². The summed E-state index contributed by atoms with van der Waals surface area (Å²) in [6.07, 6.45) is 2.57. The number of carbonyl (C=O) groups excluding carboxylic acids is 4. The van der Waals surface area contributed by atoms with Crippen LogP contribution >= 0.6 is 11.6 Å². The number of nitrogens with one attached hydrogen (secondary N) is 1. The van der Waals surface area contributed by atoms with Crippen molar-refractivity contribution in [1.29, 1.82) is 0 Å². The summed E-state index contributed by atoms with van der Waals surface area (Å²) in [5.74, 6) is -1.90. The molecular weight excluding hydrogens is 788 g/mol. The van der Waals surface area contributed by atoms with Crippen molar-refractivity contribution < 1.29 is 46.9 Å². The number of aliphatic hydroxyl groups excluding tert-OH is 1. The first kappa shape index (κ1) is 40.4. The van der Waals surface area contributed by atoms with Crippen LogP contribution < -0.4 is 15.0 Å². The van der Waals surface area contributed by atoms with Crippen molar-refractivity contribution >= 4 is 67.5 Å². The fourth-order valence-electron chi connectivity index (χ4n) is 7.15. The largest absolute Gasteiger partial charge is 0.497 e. The number of amides is 3. The number of sulfonamides is 1. The Kier molecular flexibility index (Phi) is 11.5. The number of methoxy groups -OCH3 is 1. The number of hydrogen-bond acceptors (Lipinski definition) is 10. The lowest BCUT2D eigenvalue weighted by Gasteiger charge is -2.30. The van der Waals surface area contributed by atoms with Crippen molar-refractivity contribution in [2.75, 3.05) is 43.6 Å². The van der Waals surface area contributed by atoms with E-state index in [4.69, 9.17) is 25.8 Å². The maximum absolute atomic E-state index is 13.9. The van der Waals surface area contributed by atoms with Crippen molar-refractivity contribution in [3.05, 3.63) is 130 Å². The number of benzene rings is 4. The second-order valence-corrected chi connectivity index (χ2v) is 16.1. The van der Waals surface area contributed by atoms with Crippen LogP contribution in [0.15, 0.2) is 108 Å². The predicted molar refractivity (Wildman–Crippen MR) is 216 cm³/mol. The maximum Gasteiger partial charge on any atom is 0.290 e. The minimum atomic E-state index is -4.03. The third-order valence-electron chi connectivity index (χ3n) is 10.00. The molecular formula is C42H39ClN4O10S. The molecule has 2 N–H and O–H groups in total. The molecule has 2 atom stereocenters. The fourth-order valence-corrected chi connectivity index (χ4v) is 8.74. The topological polar surface area (TPSA) is 174 Å². The molecule has 300 valence electrons. The molecule has 0 aliphatic carbocycles.